The Labute approximate surface area is 126 Å². The Morgan fingerprint density at radius 2 is 2.10 bits per heavy atom. The summed E-state index contributed by atoms with van der Waals surface area (Å²) < 4.78 is 5.41. The van der Waals surface area contributed by atoms with Crippen LogP contribution in [0.15, 0.2) is 18.2 Å². The molecule has 20 heavy (non-hydrogen) atoms. The lowest BCUT2D eigenvalue weighted by molar-refractivity contribution is 0.204. The van der Waals surface area contributed by atoms with E-state index in [4.69, 9.17) is 16.3 Å². The average molecular weight is 292 g/mol. The maximum absolute atomic E-state index is 9.67. The summed E-state index contributed by atoms with van der Waals surface area (Å²) in [4.78, 5) is 0. The third-order valence-electron chi connectivity index (χ3n) is 4.65. The van der Waals surface area contributed by atoms with Crippen LogP contribution in [-0.4, -0.2) is 7.11 Å². The quantitative estimate of drug-likeness (QED) is 0.782. The van der Waals surface area contributed by atoms with Gasteiger partial charge < -0.3 is 4.74 Å². The summed E-state index contributed by atoms with van der Waals surface area (Å²) >= 11 is 6.09. The predicted octanol–water partition coefficient (Wildman–Crippen LogP) is 5.00. The molecule has 0 heterocycles. The first-order valence-corrected chi connectivity index (χ1v) is 7.74. The maximum atomic E-state index is 9.67. The monoisotopic (exact) mass is 291 g/mol. The lowest BCUT2D eigenvalue weighted by Crippen LogP contribution is -2.28. The molecule has 0 unspecified atom stereocenters. The first-order chi connectivity index (χ1) is 9.62. The van der Waals surface area contributed by atoms with Gasteiger partial charge in [0.05, 0.1) is 18.6 Å². The Hall–Kier alpha value is -1.20. The second-order valence-corrected chi connectivity index (χ2v) is 6.31. The Balaban J connectivity index is 2.19. The molecular weight excluding hydrogens is 270 g/mol. The normalized spacial score (nSPS) is 26.0. The van der Waals surface area contributed by atoms with Crippen LogP contribution in [-0.2, 0) is 6.42 Å². The number of hydrogen-bond donors (Lipinski definition) is 0. The van der Waals surface area contributed by atoms with E-state index in [0.717, 1.165) is 49.3 Å². The van der Waals surface area contributed by atoms with E-state index < -0.39 is 0 Å². The third kappa shape index (κ3) is 3.27. The molecule has 0 atom stereocenters. The van der Waals surface area contributed by atoms with E-state index in [1.54, 1.807) is 7.11 Å². The van der Waals surface area contributed by atoms with E-state index in [1.165, 1.54) is 6.42 Å². The molecule has 0 N–H and O–H groups in total. The molecule has 0 amide bonds. The van der Waals surface area contributed by atoms with Crippen LogP contribution in [0.2, 0.25) is 5.02 Å². The van der Waals surface area contributed by atoms with Crippen molar-refractivity contribution in [2.45, 2.75) is 45.4 Å². The predicted molar refractivity (Wildman–Crippen MR) is 82.0 cm³/mol. The summed E-state index contributed by atoms with van der Waals surface area (Å²) in [5, 5.41) is 10.4. The minimum atomic E-state index is -0.246. The van der Waals surface area contributed by atoms with Gasteiger partial charge in [-0.05, 0) is 61.8 Å². The van der Waals surface area contributed by atoms with E-state index in [2.05, 4.69) is 13.0 Å². The molecule has 1 fully saturated rings. The van der Waals surface area contributed by atoms with Gasteiger partial charge >= 0.3 is 0 Å². The zero-order chi connectivity index (χ0) is 14.6. The maximum Gasteiger partial charge on any atom is 0.122 e. The minimum Gasteiger partial charge on any atom is -0.496 e. The Kier molecular flexibility index (Phi) is 4.94. The standard InChI is InChI=1S/C17H22ClNO/c1-3-13-6-8-17(12-19,9-7-13)11-14-10-15(18)4-5-16(14)20-2/h4-5,10,13H,3,6-9,11H2,1-2H3. The van der Waals surface area contributed by atoms with Crippen LogP contribution in [0.4, 0.5) is 0 Å². The lowest BCUT2D eigenvalue weighted by Gasteiger charge is -2.35. The van der Waals surface area contributed by atoms with Crippen molar-refractivity contribution >= 4 is 11.6 Å². The van der Waals surface area contributed by atoms with E-state index in [-0.39, 0.29) is 5.41 Å². The van der Waals surface area contributed by atoms with Crippen molar-refractivity contribution in [3.63, 3.8) is 0 Å². The molecule has 0 spiro atoms. The highest BCUT2D eigenvalue weighted by Gasteiger charge is 2.35. The molecule has 108 valence electrons. The topological polar surface area (TPSA) is 33.0 Å². The summed E-state index contributed by atoms with van der Waals surface area (Å²) in [6.45, 7) is 2.24. The van der Waals surface area contributed by atoms with Crippen molar-refractivity contribution in [1.29, 1.82) is 5.26 Å². The molecule has 0 aromatic heterocycles. The molecule has 1 aliphatic carbocycles. The number of nitriles is 1. The Morgan fingerprint density at radius 1 is 1.40 bits per heavy atom. The van der Waals surface area contributed by atoms with Gasteiger partial charge in [-0.15, -0.1) is 0 Å². The molecular formula is C17H22ClNO. The molecule has 3 heteroatoms. The average Bonchev–Trinajstić information content (AvgIpc) is 2.48. The second-order valence-electron chi connectivity index (χ2n) is 5.88. The summed E-state index contributed by atoms with van der Waals surface area (Å²) in [5.41, 5.74) is 0.806. The van der Waals surface area contributed by atoms with Crippen LogP contribution in [0.25, 0.3) is 0 Å². The first kappa shape index (κ1) is 15.2. The molecule has 0 aliphatic heterocycles. The van der Waals surface area contributed by atoms with Crippen molar-refractivity contribution in [3.8, 4) is 11.8 Å². The fraction of sp³-hybridized carbons (Fsp3) is 0.588. The van der Waals surface area contributed by atoms with Crippen molar-refractivity contribution in [3.05, 3.63) is 28.8 Å². The fourth-order valence-corrected chi connectivity index (χ4v) is 3.41. The van der Waals surface area contributed by atoms with Gasteiger partial charge in [-0.25, -0.2) is 0 Å². The van der Waals surface area contributed by atoms with Gasteiger partial charge in [0.1, 0.15) is 5.75 Å². The van der Waals surface area contributed by atoms with Crippen molar-refractivity contribution in [2.75, 3.05) is 7.11 Å². The van der Waals surface area contributed by atoms with Crippen LogP contribution >= 0.6 is 11.6 Å². The van der Waals surface area contributed by atoms with Gasteiger partial charge in [0.15, 0.2) is 0 Å². The van der Waals surface area contributed by atoms with Gasteiger partial charge in [0, 0.05) is 5.02 Å². The fourth-order valence-electron chi connectivity index (χ4n) is 3.22. The van der Waals surface area contributed by atoms with Crippen LogP contribution < -0.4 is 4.74 Å². The molecule has 1 saturated carbocycles. The second kappa shape index (κ2) is 6.50. The van der Waals surface area contributed by atoms with Gasteiger partial charge in [0.25, 0.3) is 0 Å². The molecule has 1 aromatic rings. The molecule has 0 saturated heterocycles. The smallest absolute Gasteiger partial charge is 0.122 e. The van der Waals surface area contributed by atoms with Crippen LogP contribution in [0.5, 0.6) is 5.75 Å². The van der Waals surface area contributed by atoms with Crippen LogP contribution in [0.3, 0.4) is 0 Å². The number of ether oxygens (including phenoxy) is 1. The SMILES string of the molecule is CCC1CCC(C#N)(Cc2cc(Cl)ccc2OC)CC1. The number of methoxy groups -OCH3 is 1. The van der Waals surface area contributed by atoms with E-state index in [9.17, 15) is 5.26 Å². The molecule has 0 bridgehead atoms. The molecule has 2 rings (SSSR count). The van der Waals surface area contributed by atoms with Crippen LogP contribution in [0.1, 0.15) is 44.6 Å². The van der Waals surface area contributed by atoms with Gasteiger partial charge in [-0.1, -0.05) is 24.9 Å². The number of halogens is 1. The van der Waals surface area contributed by atoms with Crippen LogP contribution in [0, 0.1) is 22.7 Å². The summed E-state index contributed by atoms with van der Waals surface area (Å²) in [6, 6.07) is 8.24. The zero-order valence-corrected chi connectivity index (χ0v) is 13.0. The summed E-state index contributed by atoms with van der Waals surface area (Å²) in [5.74, 6) is 1.62. The molecule has 1 aliphatic rings. The number of rotatable bonds is 4. The summed E-state index contributed by atoms with van der Waals surface area (Å²) in [6.07, 6.45) is 6.25. The van der Waals surface area contributed by atoms with Crippen molar-refractivity contribution in [1.82, 2.24) is 0 Å². The first-order valence-electron chi connectivity index (χ1n) is 7.36. The van der Waals surface area contributed by atoms with E-state index in [1.807, 2.05) is 18.2 Å². The Bertz CT molecular complexity index is 498. The van der Waals surface area contributed by atoms with Crippen molar-refractivity contribution in [2.24, 2.45) is 11.3 Å². The number of benzene rings is 1. The highest BCUT2D eigenvalue weighted by Crippen LogP contribution is 2.43. The molecule has 2 nitrogen and oxygen atoms in total. The van der Waals surface area contributed by atoms with Gasteiger partial charge in [-0.2, -0.15) is 5.26 Å². The molecule has 1 aromatic carbocycles. The zero-order valence-electron chi connectivity index (χ0n) is 12.3. The van der Waals surface area contributed by atoms with Gasteiger partial charge in [0.2, 0.25) is 0 Å². The van der Waals surface area contributed by atoms with Gasteiger partial charge in [-0.3, -0.25) is 0 Å². The highest BCUT2D eigenvalue weighted by atomic mass is 35.5. The number of nitrogens with zero attached hydrogens (tertiary/aromatic N) is 1. The highest BCUT2D eigenvalue weighted by molar-refractivity contribution is 6.30. The van der Waals surface area contributed by atoms with E-state index >= 15 is 0 Å². The summed E-state index contributed by atoms with van der Waals surface area (Å²) in [7, 11) is 1.67. The number of hydrogen-bond acceptors (Lipinski definition) is 2. The largest absolute Gasteiger partial charge is 0.496 e. The third-order valence-corrected chi connectivity index (χ3v) is 4.88. The van der Waals surface area contributed by atoms with E-state index in [0.29, 0.717) is 5.02 Å². The minimum absolute atomic E-state index is 0.246. The van der Waals surface area contributed by atoms with Crippen molar-refractivity contribution < 1.29 is 4.74 Å². The Morgan fingerprint density at radius 3 is 2.65 bits per heavy atom. The lowest BCUT2D eigenvalue weighted by atomic mass is 9.68. The molecule has 0 radical (unpaired) electrons.